The number of H-pyrrole nitrogens is 1. The molecular formula is C21H19NO4. The summed E-state index contributed by atoms with van der Waals surface area (Å²) in [6, 6.07) is 19.1. The Bertz CT molecular complexity index is 914. The Balaban J connectivity index is 2.21. The number of hydrogen-bond donors (Lipinski definition) is 1. The lowest BCUT2D eigenvalue weighted by Crippen LogP contribution is -2.12. The van der Waals surface area contributed by atoms with E-state index in [4.69, 9.17) is 9.47 Å². The highest BCUT2D eigenvalue weighted by atomic mass is 16.5. The molecule has 3 aromatic rings. The molecule has 1 N–H and O–H groups in total. The Morgan fingerprint density at radius 2 is 1.35 bits per heavy atom. The highest BCUT2D eigenvalue weighted by Gasteiger charge is 2.29. The Labute approximate surface area is 151 Å². The molecule has 1 heterocycles. The first-order chi connectivity index (χ1) is 12.7. The Hall–Kier alpha value is -3.34. The second-order valence-electron chi connectivity index (χ2n) is 5.74. The van der Waals surface area contributed by atoms with Gasteiger partial charge in [-0.1, -0.05) is 60.7 Å². The maximum Gasteiger partial charge on any atom is 0.340 e. The molecule has 0 spiro atoms. The molecule has 0 aliphatic rings. The Morgan fingerprint density at radius 3 is 1.92 bits per heavy atom. The fourth-order valence-corrected chi connectivity index (χ4v) is 2.94. The molecule has 0 aliphatic heterocycles. The van der Waals surface area contributed by atoms with Crippen molar-refractivity contribution in [2.24, 2.45) is 0 Å². The van der Waals surface area contributed by atoms with Crippen LogP contribution in [0.3, 0.4) is 0 Å². The number of carbonyl (C=O) groups excluding carboxylic acids is 2. The summed E-state index contributed by atoms with van der Waals surface area (Å²) in [5.41, 5.74) is 3.36. The lowest BCUT2D eigenvalue weighted by molar-refractivity contribution is 0.0556. The van der Waals surface area contributed by atoms with Crippen molar-refractivity contribution in [3.63, 3.8) is 0 Å². The number of ether oxygens (including phenoxy) is 2. The molecule has 1 aromatic heterocycles. The maximum atomic E-state index is 12.5. The summed E-state index contributed by atoms with van der Waals surface area (Å²) in [4.78, 5) is 28.2. The molecule has 0 amide bonds. The van der Waals surface area contributed by atoms with Gasteiger partial charge in [0.25, 0.3) is 0 Å². The van der Waals surface area contributed by atoms with E-state index in [9.17, 15) is 9.59 Å². The summed E-state index contributed by atoms with van der Waals surface area (Å²) in [5.74, 6) is -1.16. The van der Waals surface area contributed by atoms with Gasteiger partial charge in [0.1, 0.15) is 0 Å². The highest BCUT2D eigenvalue weighted by molar-refractivity contribution is 6.08. The summed E-state index contributed by atoms with van der Waals surface area (Å²) in [6.07, 6.45) is 0.460. The van der Waals surface area contributed by atoms with Crippen molar-refractivity contribution in [3.05, 3.63) is 83.0 Å². The first kappa shape index (κ1) is 17.5. The largest absolute Gasteiger partial charge is 0.465 e. The molecule has 0 saturated heterocycles. The molecule has 5 heteroatoms. The van der Waals surface area contributed by atoms with Gasteiger partial charge in [-0.2, -0.15) is 0 Å². The number of carbonyl (C=O) groups is 2. The van der Waals surface area contributed by atoms with Gasteiger partial charge in [-0.25, -0.2) is 9.59 Å². The van der Waals surface area contributed by atoms with E-state index in [1.807, 2.05) is 60.7 Å². The normalized spacial score (nSPS) is 10.4. The smallest absolute Gasteiger partial charge is 0.340 e. The summed E-state index contributed by atoms with van der Waals surface area (Å²) < 4.78 is 9.86. The topological polar surface area (TPSA) is 68.4 Å². The Morgan fingerprint density at radius 1 is 0.808 bits per heavy atom. The number of aromatic nitrogens is 1. The zero-order chi connectivity index (χ0) is 18.5. The second-order valence-corrected chi connectivity index (χ2v) is 5.74. The molecule has 2 aromatic carbocycles. The number of hydrogen-bond acceptors (Lipinski definition) is 4. The van der Waals surface area contributed by atoms with E-state index >= 15 is 0 Å². The van der Waals surface area contributed by atoms with Crippen LogP contribution in [-0.2, 0) is 15.9 Å². The van der Waals surface area contributed by atoms with E-state index in [0.29, 0.717) is 17.8 Å². The molecule has 0 aliphatic carbocycles. The third-order valence-corrected chi connectivity index (χ3v) is 4.14. The minimum atomic E-state index is -0.584. The van der Waals surface area contributed by atoms with Crippen LogP contribution in [-0.4, -0.2) is 31.1 Å². The third kappa shape index (κ3) is 3.37. The molecule has 0 atom stereocenters. The number of methoxy groups -OCH3 is 2. The standard InChI is InChI=1S/C21H19NO4/c1-25-20(23)17-16(13-14-9-5-3-6-10-14)22-19(18(17)21(24)26-2)15-11-7-4-8-12-15/h3-12,22H,13H2,1-2H3. The highest BCUT2D eigenvalue weighted by Crippen LogP contribution is 2.31. The maximum absolute atomic E-state index is 12.5. The minimum absolute atomic E-state index is 0.191. The predicted molar refractivity (Wildman–Crippen MR) is 98.2 cm³/mol. The van der Waals surface area contributed by atoms with Crippen LogP contribution >= 0.6 is 0 Å². The van der Waals surface area contributed by atoms with Crippen molar-refractivity contribution in [2.45, 2.75) is 6.42 Å². The molecule has 3 rings (SSSR count). The monoisotopic (exact) mass is 349 g/mol. The summed E-state index contributed by atoms with van der Waals surface area (Å²) in [5, 5.41) is 0. The van der Waals surface area contributed by atoms with E-state index in [1.165, 1.54) is 14.2 Å². The van der Waals surface area contributed by atoms with Crippen molar-refractivity contribution < 1.29 is 19.1 Å². The number of rotatable bonds is 5. The van der Waals surface area contributed by atoms with Gasteiger partial charge in [-0.05, 0) is 11.1 Å². The summed E-state index contributed by atoms with van der Waals surface area (Å²) in [6.45, 7) is 0. The van der Waals surface area contributed by atoms with Gasteiger partial charge in [0.15, 0.2) is 0 Å². The van der Waals surface area contributed by atoms with Gasteiger partial charge >= 0.3 is 11.9 Å². The molecule has 0 bridgehead atoms. The second kappa shape index (κ2) is 7.70. The van der Waals surface area contributed by atoms with Crippen LogP contribution in [0.15, 0.2) is 60.7 Å². The first-order valence-electron chi connectivity index (χ1n) is 8.16. The van der Waals surface area contributed by atoms with Crippen LogP contribution in [0.1, 0.15) is 32.0 Å². The number of benzene rings is 2. The number of nitrogens with one attached hydrogen (secondary N) is 1. The minimum Gasteiger partial charge on any atom is -0.465 e. The van der Waals surface area contributed by atoms with Crippen LogP contribution in [0.2, 0.25) is 0 Å². The van der Waals surface area contributed by atoms with Crippen LogP contribution in [0.25, 0.3) is 11.3 Å². The lowest BCUT2D eigenvalue weighted by Gasteiger charge is -2.06. The molecule has 0 fully saturated rings. The SMILES string of the molecule is COC(=O)c1c(Cc2ccccc2)[nH]c(-c2ccccc2)c1C(=O)OC. The Kier molecular flexibility index (Phi) is 5.17. The molecule has 132 valence electrons. The summed E-state index contributed by atoms with van der Waals surface area (Å²) in [7, 11) is 2.59. The average Bonchev–Trinajstić information content (AvgIpc) is 3.07. The van der Waals surface area contributed by atoms with Crippen molar-refractivity contribution in [1.82, 2.24) is 4.98 Å². The van der Waals surface area contributed by atoms with Gasteiger partial charge in [0.2, 0.25) is 0 Å². The van der Waals surface area contributed by atoms with Crippen molar-refractivity contribution in [1.29, 1.82) is 0 Å². The van der Waals surface area contributed by atoms with E-state index in [2.05, 4.69) is 4.98 Å². The lowest BCUT2D eigenvalue weighted by atomic mass is 10.0. The fraction of sp³-hybridized carbons (Fsp3) is 0.143. The molecule has 5 nitrogen and oxygen atoms in total. The van der Waals surface area contributed by atoms with Gasteiger partial charge in [-0.3, -0.25) is 0 Å². The van der Waals surface area contributed by atoms with Crippen LogP contribution in [0, 0.1) is 0 Å². The molecule has 0 saturated carbocycles. The molecule has 26 heavy (non-hydrogen) atoms. The van der Waals surface area contributed by atoms with E-state index in [-0.39, 0.29) is 11.1 Å². The fourth-order valence-electron chi connectivity index (χ4n) is 2.94. The van der Waals surface area contributed by atoms with Crippen LogP contribution < -0.4 is 0 Å². The van der Waals surface area contributed by atoms with Gasteiger partial charge in [0.05, 0.1) is 31.0 Å². The van der Waals surface area contributed by atoms with Crippen molar-refractivity contribution >= 4 is 11.9 Å². The van der Waals surface area contributed by atoms with Gasteiger partial charge < -0.3 is 14.5 Å². The van der Waals surface area contributed by atoms with Crippen LogP contribution in [0.5, 0.6) is 0 Å². The van der Waals surface area contributed by atoms with E-state index < -0.39 is 11.9 Å². The zero-order valence-corrected chi connectivity index (χ0v) is 14.6. The first-order valence-corrected chi connectivity index (χ1v) is 8.16. The molecule has 0 unspecified atom stereocenters. The van der Waals surface area contributed by atoms with E-state index in [0.717, 1.165) is 11.1 Å². The zero-order valence-electron chi connectivity index (χ0n) is 14.6. The van der Waals surface area contributed by atoms with Gasteiger partial charge in [0, 0.05) is 12.1 Å². The van der Waals surface area contributed by atoms with Gasteiger partial charge in [-0.15, -0.1) is 0 Å². The molecular weight excluding hydrogens is 330 g/mol. The number of aromatic amines is 1. The average molecular weight is 349 g/mol. The quantitative estimate of drug-likeness (QED) is 0.711. The number of esters is 2. The van der Waals surface area contributed by atoms with Crippen molar-refractivity contribution in [3.8, 4) is 11.3 Å². The molecule has 0 radical (unpaired) electrons. The third-order valence-electron chi connectivity index (χ3n) is 4.14. The van der Waals surface area contributed by atoms with Crippen molar-refractivity contribution in [2.75, 3.05) is 14.2 Å². The predicted octanol–water partition coefficient (Wildman–Crippen LogP) is 3.85. The van der Waals surface area contributed by atoms with E-state index in [1.54, 1.807) is 0 Å². The van der Waals surface area contributed by atoms with Crippen LogP contribution in [0.4, 0.5) is 0 Å². The summed E-state index contributed by atoms with van der Waals surface area (Å²) >= 11 is 0.